The lowest BCUT2D eigenvalue weighted by molar-refractivity contribution is 0.412. The van der Waals surface area contributed by atoms with Gasteiger partial charge in [-0.25, -0.2) is 4.39 Å². The maximum atomic E-state index is 13.8. The first-order valence-corrected chi connectivity index (χ1v) is 5.41. The number of hydrogen-bond donors (Lipinski definition) is 2. The molecular formula is C12H13FN2O. The lowest BCUT2D eigenvalue weighted by Crippen LogP contribution is -2.10. The van der Waals surface area contributed by atoms with Crippen molar-refractivity contribution >= 4 is 16.6 Å². The van der Waals surface area contributed by atoms with Crippen LogP contribution in [0.25, 0.3) is 10.9 Å². The average molecular weight is 220 g/mol. The van der Waals surface area contributed by atoms with E-state index in [4.69, 9.17) is 4.74 Å². The molecule has 3 rings (SSSR count). The molecule has 3 nitrogen and oxygen atoms in total. The van der Waals surface area contributed by atoms with E-state index in [0.29, 0.717) is 11.3 Å². The van der Waals surface area contributed by atoms with Gasteiger partial charge in [0.15, 0.2) is 5.82 Å². The van der Waals surface area contributed by atoms with Gasteiger partial charge in [-0.2, -0.15) is 0 Å². The van der Waals surface area contributed by atoms with Gasteiger partial charge >= 0.3 is 0 Å². The Morgan fingerprint density at radius 2 is 2.25 bits per heavy atom. The molecule has 0 fully saturated rings. The van der Waals surface area contributed by atoms with Crippen LogP contribution in [0.4, 0.5) is 10.1 Å². The molecule has 2 heterocycles. The highest BCUT2D eigenvalue weighted by molar-refractivity contribution is 5.96. The van der Waals surface area contributed by atoms with Crippen molar-refractivity contribution in [2.75, 3.05) is 19.0 Å². The Morgan fingerprint density at radius 3 is 3.06 bits per heavy atom. The van der Waals surface area contributed by atoms with Crippen LogP contribution >= 0.6 is 0 Å². The zero-order valence-electron chi connectivity index (χ0n) is 9.06. The summed E-state index contributed by atoms with van der Waals surface area (Å²) in [5, 5.41) is 4.19. The highest BCUT2D eigenvalue weighted by Gasteiger charge is 2.17. The summed E-state index contributed by atoms with van der Waals surface area (Å²) >= 11 is 0. The van der Waals surface area contributed by atoms with Crippen LogP contribution in [0.15, 0.2) is 12.1 Å². The molecule has 16 heavy (non-hydrogen) atoms. The normalized spacial score (nSPS) is 14.6. The third-order valence-corrected chi connectivity index (χ3v) is 3.05. The van der Waals surface area contributed by atoms with Crippen LogP contribution < -0.4 is 10.1 Å². The molecule has 0 saturated heterocycles. The van der Waals surface area contributed by atoms with Crippen molar-refractivity contribution in [1.29, 1.82) is 0 Å². The second-order valence-corrected chi connectivity index (χ2v) is 4.04. The van der Waals surface area contributed by atoms with E-state index in [1.165, 1.54) is 6.07 Å². The number of rotatable bonds is 1. The maximum absolute atomic E-state index is 13.8. The maximum Gasteiger partial charge on any atom is 0.151 e. The Morgan fingerprint density at radius 1 is 1.38 bits per heavy atom. The molecule has 0 aliphatic carbocycles. The van der Waals surface area contributed by atoms with Gasteiger partial charge in [0.05, 0.1) is 18.3 Å². The summed E-state index contributed by atoms with van der Waals surface area (Å²) in [4.78, 5) is 3.14. The smallest absolute Gasteiger partial charge is 0.151 e. The molecule has 1 aromatic heterocycles. The molecule has 0 spiro atoms. The fourth-order valence-corrected chi connectivity index (χ4v) is 2.27. The minimum absolute atomic E-state index is 0.259. The van der Waals surface area contributed by atoms with Gasteiger partial charge in [-0.3, -0.25) is 0 Å². The van der Waals surface area contributed by atoms with Gasteiger partial charge in [0.25, 0.3) is 0 Å². The number of aromatic amines is 1. The Labute approximate surface area is 92.6 Å². The van der Waals surface area contributed by atoms with Crippen LogP contribution in [-0.2, 0) is 6.42 Å². The molecule has 1 aliphatic heterocycles. The van der Waals surface area contributed by atoms with Gasteiger partial charge in [0.1, 0.15) is 5.75 Å². The summed E-state index contributed by atoms with van der Waals surface area (Å²) in [6, 6.07) is 3.27. The fraction of sp³-hybridized carbons (Fsp3) is 0.333. The zero-order chi connectivity index (χ0) is 11.1. The van der Waals surface area contributed by atoms with Gasteiger partial charge in [0, 0.05) is 23.7 Å². The molecule has 0 atom stereocenters. The number of nitrogens with one attached hydrogen (secondary N) is 2. The lowest BCUT2D eigenvalue weighted by atomic mass is 10.1. The predicted molar refractivity (Wildman–Crippen MR) is 61.6 cm³/mol. The van der Waals surface area contributed by atoms with E-state index in [-0.39, 0.29) is 5.82 Å². The van der Waals surface area contributed by atoms with E-state index >= 15 is 0 Å². The standard InChI is InChI=1S/C12H13FN2O/c1-16-7-5-8-11(9(13)6-7)15-10-3-2-4-14-12(8)10/h5-6,14-15H,2-4H2,1H3. The summed E-state index contributed by atoms with van der Waals surface area (Å²) in [5.41, 5.74) is 2.69. The van der Waals surface area contributed by atoms with Crippen LogP contribution in [0.3, 0.4) is 0 Å². The first-order chi connectivity index (χ1) is 7.79. The van der Waals surface area contributed by atoms with E-state index in [1.807, 2.05) is 6.07 Å². The van der Waals surface area contributed by atoms with Gasteiger partial charge < -0.3 is 15.0 Å². The van der Waals surface area contributed by atoms with Gasteiger partial charge in [-0.15, -0.1) is 0 Å². The fourth-order valence-electron chi connectivity index (χ4n) is 2.27. The quantitative estimate of drug-likeness (QED) is 0.775. The third kappa shape index (κ3) is 1.26. The van der Waals surface area contributed by atoms with E-state index in [0.717, 1.165) is 36.2 Å². The molecule has 2 aromatic rings. The largest absolute Gasteiger partial charge is 0.497 e. The van der Waals surface area contributed by atoms with Gasteiger partial charge in [-0.1, -0.05) is 0 Å². The molecule has 1 aromatic carbocycles. The molecule has 84 valence electrons. The lowest BCUT2D eigenvalue weighted by Gasteiger charge is -2.13. The summed E-state index contributed by atoms with van der Waals surface area (Å²) in [6.45, 7) is 0.943. The number of benzene rings is 1. The van der Waals surface area contributed by atoms with Crippen molar-refractivity contribution in [2.45, 2.75) is 12.8 Å². The molecule has 0 saturated carbocycles. The molecular weight excluding hydrogens is 207 g/mol. The number of hydrogen-bond acceptors (Lipinski definition) is 2. The van der Waals surface area contributed by atoms with Crippen molar-refractivity contribution < 1.29 is 9.13 Å². The number of H-pyrrole nitrogens is 1. The van der Waals surface area contributed by atoms with Crippen LogP contribution in [0.2, 0.25) is 0 Å². The second-order valence-electron chi connectivity index (χ2n) is 4.04. The summed E-state index contributed by atoms with van der Waals surface area (Å²) in [7, 11) is 1.55. The number of aryl methyl sites for hydroxylation is 1. The van der Waals surface area contributed by atoms with Crippen molar-refractivity contribution in [3.63, 3.8) is 0 Å². The predicted octanol–water partition coefficient (Wildman–Crippen LogP) is 2.67. The summed E-state index contributed by atoms with van der Waals surface area (Å²) in [6.07, 6.45) is 2.05. The Kier molecular flexibility index (Phi) is 2.02. The molecule has 0 amide bonds. The van der Waals surface area contributed by atoms with E-state index in [1.54, 1.807) is 7.11 Å². The molecule has 0 radical (unpaired) electrons. The molecule has 0 bridgehead atoms. The third-order valence-electron chi connectivity index (χ3n) is 3.05. The topological polar surface area (TPSA) is 37.0 Å². The van der Waals surface area contributed by atoms with E-state index in [2.05, 4.69) is 10.3 Å². The molecule has 4 heteroatoms. The second kappa shape index (κ2) is 3.40. The molecule has 1 aliphatic rings. The van der Waals surface area contributed by atoms with E-state index in [9.17, 15) is 4.39 Å². The van der Waals surface area contributed by atoms with Crippen molar-refractivity contribution in [3.8, 4) is 5.75 Å². The van der Waals surface area contributed by atoms with Crippen molar-refractivity contribution in [3.05, 3.63) is 23.6 Å². The van der Waals surface area contributed by atoms with Crippen LogP contribution in [0.1, 0.15) is 12.1 Å². The SMILES string of the molecule is COc1cc(F)c2[nH]c3c(c2c1)NCCC3. The van der Waals surface area contributed by atoms with E-state index < -0.39 is 0 Å². The van der Waals surface area contributed by atoms with Crippen LogP contribution in [0, 0.1) is 5.82 Å². The summed E-state index contributed by atoms with van der Waals surface area (Å²) < 4.78 is 18.9. The highest BCUT2D eigenvalue weighted by atomic mass is 19.1. The highest BCUT2D eigenvalue weighted by Crippen LogP contribution is 2.34. The number of ether oxygens (including phenoxy) is 1. The number of fused-ring (bicyclic) bond motifs is 3. The number of methoxy groups -OCH3 is 1. The minimum Gasteiger partial charge on any atom is -0.497 e. The average Bonchev–Trinajstić information content (AvgIpc) is 2.68. The Hall–Kier alpha value is -1.71. The first-order valence-electron chi connectivity index (χ1n) is 5.41. The zero-order valence-corrected chi connectivity index (χ0v) is 9.06. The van der Waals surface area contributed by atoms with Gasteiger partial charge in [-0.05, 0) is 18.9 Å². The Balaban J connectivity index is 2.30. The van der Waals surface area contributed by atoms with Crippen molar-refractivity contribution in [1.82, 2.24) is 4.98 Å². The van der Waals surface area contributed by atoms with Crippen LogP contribution in [0.5, 0.6) is 5.75 Å². The monoisotopic (exact) mass is 220 g/mol. The molecule has 2 N–H and O–H groups in total. The number of halogens is 1. The van der Waals surface area contributed by atoms with Gasteiger partial charge in [0.2, 0.25) is 0 Å². The number of anilines is 1. The first kappa shape index (κ1) is 9.51. The number of aromatic nitrogens is 1. The minimum atomic E-state index is -0.259. The van der Waals surface area contributed by atoms with Crippen molar-refractivity contribution in [2.24, 2.45) is 0 Å². The Bertz CT molecular complexity index is 547. The van der Waals surface area contributed by atoms with Crippen LogP contribution in [-0.4, -0.2) is 18.6 Å². The molecule has 0 unspecified atom stereocenters. The summed E-state index contributed by atoms with van der Waals surface area (Å²) in [5.74, 6) is 0.296.